The van der Waals surface area contributed by atoms with Crippen molar-refractivity contribution in [3.8, 4) is 5.00 Å². The van der Waals surface area contributed by atoms with Gasteiger partial charge in [-0.2, -0.15) is 0 Å². The van der Waals surface area contributed by atoms with Crippen LogP contribution in [0, 0.1) is 20.8 Å². The van der Waals surface area contributed by atoms with Gasteiger partial charge in [-0.25, -0.2) is 0 Å². The minimum Gasteiger partial charge on any atom is -0.469 e. The fourth-order valence-electron chi connectivity index (χ4n) is 4.40. The van der Waals surface area contributed by atoms with Crippen LogP contribution < -0.4 is 5.32 Å². The first-order valence-electron chi connectivity index (χ1n) is 12.2. The Hall–Kier alpha value is -4.37. The molecule has 0 aliphatic carbocycles. The molecule has 1 aliphatic heterocycles. The Balaban J connectivity index is 1.49. The first kappa shape index (κ1) is 25.3. The van der Waals surface area contributed by atoms with E-state index in [4.69, 9.17) is 9.73 Å². The molecule has 38 heavy (non-hydrogen) atoms. The van der Waals surface area contributed by atoms with Crippen molar-refractivity contribution in [1.29, 1.82) is 0 Å². The summed E-state index contributed by atoms with van der Waals surface area (Å²) in [6, 6.07) is 16.7. The Morgan fingerprint density at radius 3 is 2.50 bits per heavy atom. The number of aryl methyl sites for hydroxylation is 2. The average molecular weight is 526 g/mol. The standard InChI is InChI=1S/C29H27N5O3S/c1-17-18(2)38-29-26(17)27(31-23(16-25(36)37-4)28-33-32-19(3)34(28)29)21-11-13-22(14-12-21)30-24(35)15-10-20-8-6-5-7-9-20/h5-15,23H,16H2,1-4H3,(H,30,35)/t23-/m0/s1. The normalized spacial score (nSPS) is 14.4. The van der Waals surface area contributed by atoms with Crippen molar-refractivity contribution < 1.29 is 14.3 Å². The van der Waals surface area contributed by atoms with E-state index in [0.717, 1.165) is 38.8 Å². The lowest BCUT2D eigenvalue weighted by atomic mass is 9.99. The van der Waals surface area contributed by atoms with Crippen molar-refractivity contribution in [2.45, 2.75) is 33.2 Å². The van der Waals surface area contributed by atoms with E-state index in [1.807, 2.05) is 66.1 Å². The fourth-order valence-corrected chi connectivity index (χ4v) is 5.61. The number of benzene rings is 2. The summed E-state index contributed by atoms with van der Waals surface area (Å²) in [6.07, 6.45) is 3.33. The summed E-state index contributed by atoms with van der Waals surface area (Å²) in [7, 11) is 1.37. The molecule has 4 aromatic rings. The molecule has 8 nitrogen and oxygen atoms in total. The van der Waals surface area contributed by atoms with Gasteiger partial charge >= 0.3 is 5.97 Å². The third kappa shape index (κ3) is 4.92. The molecule has 9 heteroatoms. The summed E-state index contributed by atoms with van der Waals surface area (Å²) in [5.41, 5.74) is 5.37. The number of nitrogens with one attached hydrogen (secondary N) is 1. The molecule has 1 amide bonds. The van der Waals surface area contributed by atoms with E-state index in [-0.39, 0.29) is 18.3 Å². The minimum absolute atomic E-state index is 0.0486. The van der Waals surface area contributed by atoms with E-state index >= 15 is 0 Å². The summed E-state index contributed by atoms with van der Waals surface area (Å²) in [5, 5.41) is 12.6. The number of methoxy groups -OCH3 is 1. The molecular formula is C29H27N5O3S. The molecule has 0 fully saturated rings. The van der Waals surface area contributed by atoms with Gasteiger partial charge in [-0.15, -0.1) is 21.5 Å². The van der Waals surface area contributed by atoms with E-state index in [0.29, 0.717) is 11.5 Å². The van der Waals surface area contributed by atoms with E-state index in [1.165, 1.54) is 18.1 Å². The lowest BCUT2D eigenvalue weighted by Gasteiger charge is -2.12. The Morgan fingerprint density at radius 1 is 1.05 bits per heavy atom. The van der Waals surface area contributed by atoms with Crippen molar-refractivity contribution >= 4 is 40.7 Å². The molecule has 5 rings (SSSR count). The van der Waals surface area contributed by atoms with Crippen molar-refractivity contribution in [2.24, 2.45) is 4.99 Å². The lowest BCUT2D eigenvalue weighted by Crippen LogP contribution is -2.12. The van der Waals surface area contributed by atoms with Crippen LogP contribution in [0.4, 0.5) is 5.69 Å². The number of hydrogen-bond donors (Lipinski definition) is 1. The van der Waals surface area contributed by atoms with Crippen LogP contribution in [0.1, 0.15) is 51.2 Å². The van der Waals surface area contributed by atoms with Crippen LogP contribution in [0.5, 0.6) is 0 Å². The fraction of sp³-hybridized carbons (Fsp3) is 0.207. The predicted molar refractivity (Wildman–Crippen MR) is 149 cm³/mol. The Bertz CT molecular complexity index is 1570. The smallest absolute Gasteiger partial charge is 0.308 e. The summed E-state index contributed by atoms with van der Waals surface area (Å²) in [4.78, 5) is 31.0. The molecule has 0 saturated heterocycles. The van der Waals surface area contributed by atoms with Crippen molar-refractivity contribution in [3.05, 3.63) is 99.5 Å². The molecule has 3 heterocycles. The highest BCUT2D eigenvalue weighted by Gasteiger charge is 2.32. The van der Waals surface area contributed by atoms with Crippen molar-refractivity contribution in [1.82, 2.24) is 14.8 Å². The molecule has 0 spiro atoms. The van der Waals surface area contributed by atoms with Gasteiger partial charge in [0.25, 0.3) is 0 Å². The van der Waals surface area contributed by atoms with Gasteiger partial charge in [0.1, 0.15) is 16.9 Å². The summed E-state index contributed by atoms with van der Waals surface area (Å²) >= 11 is 1.65. The first-order chi connectivity index (χ1) is 18.4. The van der Waals surface area contributed by atoms with Gasteiger partial charge in [0.05, 0.1) is 19.2 Å². The summed E-state index contributed by atoms with van der Waals surface area (Å²) < 4.78 is 6.95. The quantitative estimate of drug-likeness (QED) is 0.270. The molecule has 1 N–H and O–H groups in total. The zero-order valence-corrected chi connectivity index (χ0v) is 22.4. The number of aliphatic imine (C=N–C) groups is 1. The zero-order chi connectivity index (χ0) is 26.8. The molecule has 0 bridgehead atoms. The Labute approximate surface area is 224 Å². The molecule has 2 aromatic carbocycles. The molecule has 1 atom stereocenters. The number of fused-ring (bicyclic) bond motifs is 3. The van der Waals surface area contributed by atoms with Gasteiger partial charge in [-0.1, -0.05) is 42.5 Å². The van der Waals surface area contributed by atoms with Crippen LogP contribution in [0.15, 0.2) is 65.7 Å². The maximum Gasteiger partial charge on any atom is 0.308 e. The third-order valence-corrected chi connectivity index (χ3v) is 7.67. The molecule has 0 unspecified atom stereocenters. The summed E-state index contributed by atoms with van der Waals surface area (Å²) in [5.74, 6) is 0.756. The monoisotopic (exact) mass is 525 g/mol. The van der Waals surface area contributed by atoms with E-state index < -0.39 is 6.04 Å². The number of rotatable bonds is 6. The van der Waals surface area contributed by atoms with E-state index in [1.54, 1.807) is 17.4 Å². The van der Waals surface area contributed by atoms with E-state index in [9.17, 15) is 9.59 Å². The van der Waals surface area contributed by atoms with Crippen LogP contribution >= 0.6 is 11.3 Å². The highest BCUT2D eigenvalue weighted by atomic mass is 32.1. The number of carbonyl (C=O) groups excluding carboxylic acids is 2. The average Bonchev–Trinajstić information content (AvgIpc) is 3.40. The van der Waals surface area contributed by atoms with Crippen molar-refractivity contribution in [3.63, 3.8) is 0 Å². The van der Waals surface area contributed by atoms with Gasteiger partial charge in [-0.3, -0.25) is 19.1 Å². The zero-order valence-electron chi connectivity index (χ0n) is 21.6. The summed E-state index contributed by atoms with van der Waals surface area (Å²) in [6.45, 7) is 6.06. The van der Waals surface area contributed by atoms with Gasteiger partial charge in [0.15, 0.2) is 5.82 Å². The molecular weight excluding hydrogens is 498 g/mol. The minimum atomic E-state index is -0.555. The van der Waals surface area contributed by atoms with Crippen LogP contribution in [0.25, 0.3) is 11.1 Å². The number of esters is 1. The lowest BCUT2D eigenvalue weighted by molar-refractivity contribution is -0.141. The SMILES string of the molecule is COC(=O)C[C@@H]1N=C(c2ccc(NC(=O)C=Cc3ccccc3)cc2)c2c(sc(C)c2C)-n2c(C)nnc21. The largest absolute Gasteiger partial charge is 0.469 e. The Kier molecular flexibility index (Phi) is 7.02. The van der Waals surface area contributed by atoms with Gasteiger partial charge in [-0.05, 0) is 50.1 Å². The number of nitrogens with zero attached hydrogens (tertiary/aromatic N) is 4. The van der Waals surface area contributed by atoms with Crippen LogP contribution in [0.3, 0.4) is 0 Å². The van der Waals surface area contributed by atoms with Crippen molar-refractivity contribution in [2.75, 3.05) is 12.4 Å². The number of ether oxygens (including phenoxy) is 1. The molecule has 1 aliphatic rings. The second-order valence-corrected chi connectivity index (χ2v) is 10.2. The Morgan fingerprint density at radius 2 is 1.79 bits per heavy atom. The maximum absolute atomic E-state index is 12.5. The number of carbonyl (C=O) groups is 2. The highest BCUT2D eigenvalue weighted by molar-refractivity contribution is 7.15. The second-order valence-electron chi connectivity index (χ2n) is 8.99. The molecule has 192 valence electrons. The number of anilines is 1. The number of thiophene rings is 1. The number of aromatic nitrogens is 3. The molecule has 0 radical (unpaired) electrons. The van der Waals surface area contributed by atoms with Gasteiger partial charge < -0.3 is 10.1 Å². The topological polar surface area (TPSA) is 98.5 Å². The molecule has 0 saturated carbocycles. The van der Waals surface area contributed by atoms with Crippen LogP contribution in [-0.4, -0.2) is 39.5 Å². The highest BCUT2D eigenvalue weighted by Crippen LogP contribution is 2.39. The maximum atomic E-state index is 12.5. The molecule has 2 aromatic heterocycles. The first-order valence-corrected chi connectivity index (χ1v) is 13.0. The van der Waals surface area contributed by atoms with Crippen LogP contribution in [-0.2, 0) is 14.3 Å². The van der Waals surface area contributed by atoms with Gasteiger partial charge in [0, 0.05) is 27.8 Å². The number of amides is 1. The predicted octanol–water partition coefficient (Wildman–Crippen LogP) is 5.36. The van der Waals surface area contributed by atoms with Crippen LogP contribution in [0.2, 0.25) is 0 Å². The third-order valence-electron chi connectivity index (χ3n) is 6.48. The number of hydrogen-bond acceptors (Lipinski definition) is 7. The van der Waals surface area contributed by atoms with Gasteiger partial charge in [0.2, 0.25) is 5.91 Å². The second kappa shape index (κ2) is 10.5. The van der Waals surface area contributed by atoms with E-state index in [2.05, 4.69) is 29.4 Å².